The Hall–Kier alpha value is -1.63. The number of rotatable bonds is 4. The van der Waals surface area contributed by atoms with E-state index in [2.05, 4.69) is 10.3 Å². The Morgan fingerprint density at radius 3 is 2.58 bits per heavy atom. The van der Waals surface area contributed by atoms with E-state index in [1.165, 1.54) is 6.07 Å². The van der Waals surface area contributed by atoms with Gasteiger partial charge in [0.25, 0.3) is 0 Å². The zero-order valence-electron chi connectivity index (χ0n) is 9.67. The number of alkyl halides is 3. The lowest BCUT2D eigenvalue weighted by Crippen LogP contribution is -2.05. The Morgan fingerprint density at radius 2 is 1.95 bits per heavy atom. The molecule has 102 valence electrons. The van der Waals surface area contributed by atoms with Crippen LogP contribution in [0.4, 0.5) is 22.7 Å². The van der Waals surface area contributed by atoms with E-state index in [4.69, 9.17) is 0 Å². The Balaban J connectivity index is 1.90. The predicted octanol–water partition coefficient (Wildman–Crippen LogP) is 3.96. The van der Waals surface area contributed by atoms with Crippen LogP contribution in [-0.4, -0.2) is 11.5 Å². The van der Waals surface area contributed by atoms with Crippen LogP contribution in [0.25, 0.3) is 0 Å². The van der Waals surface area contributed by atoms with Gasteiger partial charge >= 0.3 is 6.18 Å². The van der Waals surface area contributed by atoms with Gasteiger partial charge in [-0.15, -0.1) is 0 Å². The Labute approximate surface area is 111 Å². The van der Waals surface area contributed by atoms with Gasteiger partial charge in [0.2, 0.25) is 0 Å². The number of halogens is 4. The SMILES string of the molecule is Fc1ccccc1CCNc1ncc(C(F)(F)F)s1. The minimum atomic E-state index is -4.37. The molecule has 0 aliphatic carbocycles. The first-order chi connectivity index (χ1) is 8.97. The number of hydrogen-bond donors (Lipinski definition) is 1. The van der Waals surface area contributed by atoms with Crippen molar-refractivity contribution in [2.75, 3.05) is 11.9 Å². The summed E-state index contributed by atoms with van der Waals surface area (Å²) in [5.41, 5.74) is 0.516. The number of nitrogens with one attached hydrogen (secondary N) is 1. The first-order valence-electron chi connectivity index (χ1n) is 5.47. The van der Waals surface area contributed by atoms with Gasteiger partial charge in [-0.05, 0) is 18.1 Å². The maximum absolute atomic E-state index is 13.3. The van der Waals surface area contributed by atoms with Gasteiger partial charge in [-0.25, -0.2) is 9.37 Å². The molecule has 1 heterocycles. The first-order valence-corrected chi connectivity index (χ1v) is 6.29. The van der Waals surface area contributed by atoms with Crippen LogP contribution >= 0.6 is 11.3 Å². The highest BCUT2D eigenvalue weighted by Crippen LogP contribution is 2.34. The van der Waals surface area contributed by atoms with Crippen molar-refractivity contribution < 1.29 is 17.6 Å². The number of thiazole rings is 1. The summed E-state index contributed by atoms with van der Waals surface area (Å²) in [6.45, 7) is 0.325. The van der Waals surface area contributed by atoms with E-state index < -0.39 is 11.1 Å². The van der Waals surface area contributed by atoms with E-state index in [1.54, 1.807) is 18.2 Å². The van der Waals surface area contributed by atoms with Gasteiger partial charge in [-0.3, -0.25) is 0 Å². The minimum Gasteiger partial charge on any atom is -0.361 e. The number of aromatic nitrogens is 1. The zero-order valence-corrected chi connectivity index (χ0v) is 10.5. The summed E-state index contributed by atoms with van der Waals surface area (Å²) in [7, 11) is 0. The second-order valence-electron chi connectivity index (χ2n) is 3.80. The highest BCUT2D eigenvalue weighted by atomic mass is 32.1. The Kier molecular flexibility index (Phi) is 4.04. The van der Waals surface area contributed by atoms with Crippen LogP contribution in [-0.2, 0) is 12.6 Å². The molecule has 2 rings (SSSR count). The topological polar surface area (TPSA) is 24.9 Å². The fourth-order valence-corrected chi connectivity index (χ4v) is 2.20. The third kappa shape index (κ3) is 3.66. The fraction of sp³-hybridized carbons (Fsp3) is 0.250. The highest BCUT2D eigenvalue weighted by Gasteiger charge is 2.33. The van der Waals surface area contributed by atoms with Crippen molar-refractivity contribution in [3.8, 4) is 0 Å². The lowest BCUT2D eigenvalue weighted by atomic mass is 10.1. The molecule has 1 N–H and O–H groups in total. The normalized spacial score (nSPS) is 11.6. The lowest BCUT2D eigenvalue weighted by Gasteiger charge is -2.04. The van der Waals surface area contributed by atoms with Crippen LogP contribution in [0.2, 0.25) is 0 Å². The van der Waals surface area contributed by atoms with E-state index >= 15 is 0 Å². The molecule has 0 amide bonds. The third-order valence-corrected chi connectivity index (χ3v) is 3.41. The molecule has 1 aromatic heterocycles. The van der Waals surface area contributed by atoms with Crippen molar-refractivity contribution in [2.24, 2.45) is 0 Å². The molecule has 7 heteroatoms. The summed E-state index contributed by atoms with van der Waals surface area (Å²) in [4.78, 5) is 2.88. The van der Waals surface area contributed by atoms with Gasteiger partial charge in [0, 0.05) is 6.54 Å². The Morgan fingerprint density at radius 1 is 1.21 bits per heavy atom. The van der Waals surface area contributed by atoms with Crippen LogP contribution in [0.15, 0.2) is 30.5 Å². The van der Waals surface area contributed by atoms with Crippen molar-refractivity contribution in [1.82, 2.24) is 4.98 Å². The first kappa shape index (κ1) is 13.8. The van der Waals surface area contributed by atoms with Gasteiger partial charge < -0.3 is 5.32 Å². The number of nitrogens with zero attached hydrogens (tertiary/aromatic N) is 1. The number of hydrogen-bond acceptors (Lipinski definition) is 3. The molecule has 0 atom stereocenters. The van der Waals surface area contributed by atoms with E-state index in [0.717, 1.165) is 6.20 Å². The van der Waals surface area contributed by atoms with Gasteiger partial charge in [0.1, 0.15) is 10.7 Å². The van der Waals surface area contributed by atoms with Gasteiger partial charge in [0.05, 0.1) is 6.20 Å². The summed E-state index contributed by atoms with van der Waals surface area (Å²) in [5, 5.41) is 2.94. The number of benzene rings is 1. The molecular formula is C12H10F4N2S. The van der Waals surface area contributed by atoms with Crippen LogP contribution < -0.4 is 5.32 Å². The van der Waals surface area contributed by atoms with Gasteiger partial charge in [-0.2, -0.15) is 13.2 Å². The molecule has 0 unspecified atom stereocenters. The Bertz CT molecular complexity index is 551. The van der Waals surface area contributed by atoms with E-state index in [0.29, 0.717) is 29.9 Å². The second-order valence-corrected chi connectivity index (χ2v) is 4.83. The summed E-state index contributed by atoms with van der Waals surface area (Å²) in [6, 6.07) is 6.28. The molecule has 0 aliphatic heterocycles. The monoisotopic (exact) mass is 290 g/mol. The predicted molar refractivity (Wildman–Crippen MR) is 65.7 cm³/mol. The van der Waals surface area contributed by atoms with E-state index in [-0.39, 0.29) is 10.9 Å². The average Bonchev–Trinajstić information content (AvgIpc) is 2.80. The zero-order chi connectivity index (χ0) is 13.9. The molecule has 19 heavy (non-hydrogen) atoms. The number of anilines is 1. The summed E-state index contributed by atoms with van der Waals surface area (Å²) >= 11 is 0.538. The fourth-order valence-electron chi connectivity index (χ4n) is 1.49. The molecule has 2 nitrogen and oxygen atoms in total. The van der Waals surface area contributed by atoms with Crippen molar-refractivity contribution in [2.45, 2.75) is 12.6 Å². The van der Waals surface area contributed by atoms with Gasteiger partial charge in [-0.1, -0.05) is 29.5 Å². The molecule has 2 aromatic rings. The van der Waals surface area contributed by atoms with Crippen LogP contribution in [0.5, 0.6) is 0 Å². The average molecular weight is 290 g/mol. The molecule has 0 bridgehead atoms. The standard InChI is InChI=1S/C12H10F4N2S/c13-9-4-2-1-3-8(9)5-6-17-11-18-7-10(19-11)12(14,15)16/h1-4,7H,5-6H2,(H,17,18). The molecule has 0 spiro atoms. The van der Waals surface area contributed by atoms with Crippen molar-refractivity contribution in [1.29, 1.82) is 0 Å². The van der Waals surface area contributed by atoms with Crippen molar-refractivity contribution in [3.63, 3.8) is 0 Å². The molecule has 0 saturated carbocycles. The summed E-state index contributed by atoms with van der Waals surface area (Å²) in [5.74, 6) is -0.320. The maximum Gasteiger partial charge on any atom is 0.427 e. The quantitative estimate of drug-likeness (QED) is 0.862. The lowest BCUT2D eigenvalue weighted by molar-refractivity contribution is -0.134. The largest absolute Gasteiger partial charge is 0.427 e. The molecular weight excluding hydrogens is 280 g/mol. The molecule has 1 aromatic carbocycles. The molecule has 0 radical (unpaired) electrons. The minimum absolute atomic E-state index is 0.184. The van der Waals surface area contributed by atoms with Crippen LogP contribution in [0, 0.1) is 5.82 Å². The van der Waals surface area contributed by atoms with Crippen molar-refractivity contribution >= 4 is 16.5 Å². The van der Waals surface area contributed by atoms with Gasteiger partial charge in [0.15, 0.2) is 5.13 Å². The maximum atomic E-state index is 13.3. The van der Waals surface area contributed by atoms with Crippen LogP contribution in [0.3, 0.4) is 0 Å². The molecule has 0 saturated heterocycles. The summed E-state index contributed by atoms with van der Waals surface area (Å²) < 4.78 is 50.3. The van der Waals surface area contributed by atoms with Crippen molar-refractivity contribution in [3.05, 3.63) is 46.7 Å². The third-order valence-electron chi connectivity index (χ3n) is 2.41. The molecule has 0 fully saturated rings. The second kappa shape index (κ2) is 5.56. The van der Waals surface area contributed by atoms with E-state index in [9.17, 15) is 17.6 Å². The van der Waals surface area contributed by atoms with E-state index in [1.807, 2.05) is 0 Å². The highest BCUT2D eigenvalue weighted by molar-refractivity contribution is 7.15. The summed E-state index contributed by atoms with van der Waals surface area (Å²) in [6.07, 6.45) is -3.20. The smallest absolute Gasteiger partial charge is 0.361 e. The van der Waals surface area contributed by atoms with Crippen LogP contribution in [0.1, 0.15) is 10.4 Å². The molecule has 0 aliphatic rings.